The van der Waals surface area contributed by atoms with E-state index in [1.807, 2.05) is 6.07 Å². The van der Waals surface area contributed by atoms with Crippen LogP contribution in [0.5, 0.6) is 0 Å². The summed E-state index contributed by atoms with van der Waals surface area (Å²) in [6, 6.07) is 3.58. The molecule has 4 heteroatoms. The van der Waals surface area contributed by atoms with Crippen molar-refractivity contribution in [3.05, 3.63) is 30.1 Å². The number of carbonyl (C=O) groups excluding carboxylic acids is 2. The Kier molecular flexibility index (Phi) is 4.64. The van der Waals surface area contributed by atoms with Crippen molar-refractivity contribution >= 4 is 11.8 Å². The molecule has 0 aliphatic heterocycles. The highest BCUT2D eigenvalue weighted by Gasteiger charge is 2.25. The second-order valence-corrected chi connectivity index (χ2v) is 3.49. The van der Waals surface area contributed by atoms with E-state index in [9.17, 15) is 9.59 Å². The Bertz CT molecular complexity index is 362. The van der Waals surface area contributed by atoms with Crippen molar-refractivity contribution in [1.29, 1.82) is 0 Å². The fraction of sp³-hybridized carbons (Fsp3) is 0.417. The Morgan fingerprint density at radius 3 is 2.75 bits per heavy atom. The van der Waals surface area contributed by atoms with Crippen LogP contribution in [0.3, 0.4) is 0 Å². The first-order chi connectivity index (χ1) is 7.69. The number of nitrogens with zero attached hydrogens (tertiary/aromatic N) is 1. The highest BCUT2D eigenvalue weighted by molar-refractivity contribution is 5.99. The lowest BCUT2D eigenvalue weighted by Gasteiger charge is -2.10. The van der Waals surface area contributed by atoms with Gasteiger partial charge in [-0.05, 0) is 18.1 Å². The molecule has 0 radical (unpaired) electrons. The Morgan fingerprint density at radius 2 is 2.25 bits per heavy atom. The molecule has 1 heterocycles. The molecule has 0 aliphatic carbocycles. The van der Waals surface area contributed by atoms with E-state index in [-0.39, 0.29) is 12.2 Å². The normalized spacial score (nSPS) is 11.9. The zero-order valence-electron chi connectivity index (χ0n) is 9.47. The van der Waals surface area contributed by atoms with Gasteiger partial charge in [0.05, 0.1) is 7.11 Å². The summed E-state index contributed by atoms with van der Waals surface area (Å²) in [5, 5.41) is 0. The average molecular weight is 221 g/mol. The lowest BCUT2D eigenvalue weighted by Crippen LogP contribution is -2.26. The number of methoxy groups -OCH3 is 1. The highest BCUT2D eigenvalue weighted by atomic mass is 16.5. The molecule has 0 spiro atoms. The largest absolute Gasteiger partial charge is 0.468 e. The number of ether oxygens (including phenoxy) is 1. The number of Topliss-reactive ketones (excluding diaryl/α,β-unsaturated/α-hetero) is 1. The molecule has 16 heavy (non-hydrogen) atoms. The van der Waals surface area contributed by atoms with Gasteiger partial charge in [0.25, 0.3) is 0 Å². The third-order valence-electron chi connectivity index (χ3n) is 2.38. The van der Waals surface area contributed by atoms with Crippen LogP contribution in [0.1, 0.15) is 18.9 Å². The zero-order chi connectivity index (χ0) is 12.0. The van der Waals surface area contributed by atoms with E-state index in [4.69, 9.17) is 0 Å². The Hall–Kier alpha value is -1.71. The van der Waals surface area contributed by atoms with Crippen LogP contribution in [-0.2, 0) is 20.7 Å². The van der Waals surface area contributed by atoms with E-state index < -0.39 is 11.9 Å². The quantitative estimate of drug-likeness (QED) is 0.557. The molecule has 4 nitrogen and oxygen atoms in total. The molecule has 1 aromatic heterocycles. The van der Waals surface area contributed by atoms with E-state index in [1.54, 1.807) is 25.4 Å². The van der Waals surface area contributed by atoms with Crippen LogP contribution in [0.25, 0.3) is 0 Å². The van der Waals surface area contributed by atoms with E-state index in [0.717, 1.165) is 5.56 Å². The molecule has 0 N–H and O–H groups in total. The van der Waals surface area contributed by atoms with Crippen LogP contribution in [0, 0.1) is 5.92 Å². The molecule has 1 unspecified atom stereocenters. The summed E-state index contributed by atoms with van der Waals surface area (Å²) >= 11 is 0. The first-order valence-corrected chi connectivity index (χ1v) is 5.18. The smallest absolute Gasteiger partial charge is 0.316 e. The predicted octanol–water partition coefficient (Wildman–Crippen LogP) is 1.39. The van der Waals surface area contributed by atoms with Gasteiger partial charge in [0.2, 0.25) is 0 Å². The maximum atomic E-state index is 11.8. The SMILES string of the molecule is CCC(C(=O)Cc1cccnc1)C(=O)OC. The zero-order valence-corrected chi connectivity index (χ0v) is 9.47. The third kappa shape index (κ3) is 3.15. The Balaban J connectivity index is 2.67. The summed E-state index contributed by atoms with van der Waals surface area (Å²) in [7, 11) is 1.29. The molecule has 0 saturated heterocycles. The maximum absolute atomic E-state index is 11.8. The highest BCUT2D eigenvalue weighted by Crippen LogP contribution is 2.10. The summed E-state index contributed by atoms with van der Waals surface area (Å²) in [6.07, 6.45) is 3.96. The van der Waals surface area contributed by atoms with Crippen molar-refractivity contribution in [2.45, 2.75) is 19.8 Å². The van der Waals surface area contributed by atoms with Gasteiger partial charge in [-0.25, -0.2) is 0 Å². The summed E-state index contributed by atoms with van der Waals surface area (Å²) < 4.78 is 4.59. The monoisotopic (exact) mass is 221 g/mol. The number of pyridine rings is 1. The molecule has 0 bridgehead atoms. The summed E-state index contributed by atoms with van der Waals surface area (Å²) in [5.41, 5.74) is 0.815. The lowest BCUT2D eigenvalue weighted by molar-refractivity contribution is -0.149. The fourth-order valence-corrected chi connectivity index (χ4v) is 1.50. The Labute approximate surface area is 94.6 Å². The molecule has 0 aliphatic rings. The third-order valence-corrected chi connectivity index (χ3v) is 2.38. The minimum absolute atomic E-state index is 0.123. The van der Waals surface area contributed by atoms with Crippen molar-refractivity contribution in [1.82, 2.24) is 4.98 Å². The van der Waals surface area contributed by atoms with Gasteiger partial charge in [-0.15, -0.1) is 0 Å². The predicted molar refractivity (Wildman–Crippen MR) is 58.7 cm³/mol. The van der Waals surface area contributed by atoms with Gasteiger partial charge >= 0.3 is 5.97 Å². The van der Waals surface area contributed by atoms with Gasteiger partial charge in [-0.1, -0.05) is 13.0 Å². The van der Waals surface area contributed by atoms with Gasteiger partial charge in [0, 0.05) is 18.8 Å². The second kappa shape index (κ2) is 6.00. The standard InChI is InChI=1S/C12H15NO3/c1-3-10(12(15)16-2)11(14)7-9-5-4-6-13-8-9/h4-6,8,10H,3,7H2,1-2H3. The Morgan fingerprint density at radius 1 is 1.50 bits per heavy atom. The number of aromatic nitrogens is 1. The van der Waals surface area contributed by atoms with E-state index >= 15 is 0 Å². The van der Waals surface area contributed by atoms with Gasteiger partial charge in [0.15, 0.2) is 5.78 Å². The molecule has 86 valence electrons. The maximum Gasteiger partial charge on any atom is 0.316 e. The molecule has 0 saturated carbocycles. The lowest BCUT2D eigenvalue weighted by atomic mass is 9.96. The van der Waals surface area contributed by atoms with Crippen molar-refractivity contribution < 1.29 is 14.3 Å². The molecular weight excluding hydrogens is 206 g/mol. The van der Waals surface area contributed by atoms with E-state index in [1.165, 1.54) is 7.11 Å². The van der Waals surface area contributed by atoms with E-state index in [0.29, 0.717) is 6.42 Å². The number of carbonyl (C=O) groups is 2. The number of esters is 1. The number of hydrogen-bond donors (Lipinski definition) is 0. The summed E-state index contributed by atoms with van der Waals surface area (Å²) in [5.74, 6) is -1.25. The van der Waals surface area contributed by atoms with Gasteiger partial charge in [0.1, 0.15) is 5.92 Å². The average Bonchev–Trinajstić information content (AvgIpc) is 2.31. The van der Waals surface area contributed by atoms with Crippen molar-refractivity contribution in [2.24, 2.45) is 5.92 Å². The molecule has 0 fully saturated rings. The molecule has 1 aromatic rings. The molecule has 0 amide bonds. The number of ketones is 1. The summed E-state index contributed by atoms with van der Waals surface area (Å²) in [4.78, 5) is 27.1. The molecule has 1 atom stereocenters. The molecular formula is C12H15NO3. The van der Waals surface area contributed by atoms with Crippen LogP contribution in [0.2, 0.25) is 0 Å². The minimum Gasteiger partial charge on any atom is -0.468 e. The van der Waals surface area contributed by atoms with Crippen molar-refractivity contribution in [3.8, 4) is 0 Å². The van der Waals surface area contributed by atoms with Gasteiger partial charge < -0.3 is 4.74 Å². The van der Waals surface area contributed by atoms with Crippen LogP contribution >= 0.6 is 0 Å². The van der Waals surface area contributed by atoms with Crippen LogP contribution < -0.4 is 0 Å². The first-order valence-electron chi connectivity index (χ1n) is 5.18. The van der Waals surface area contributed by atoms with E-state index in [2.05, 4.69) is 9.72 Å². The fourth-order valence-electron chi connectivity index (χ4n) is 1.50. The van der Waals surface area contributed by atoms with Crippen LogP contribution in [0.15, 0.2) is 24.5 Å². The first kappa shape index (κ1) is 12.4. The second-order valence-electron chi connectivity index (χ2n) is 3.49. The molecule has 1 rings (SSSR count). The van der Waals surface area contributed by atoms with Crippen molar-refractivity contribution in [2.75, 3.05) is 7.11 Å². The van der Waals surface area contributed by atoms with Crippen molar-refractivity contribution in [3.63, 3.8) is 0 Å². The van der Waals surface area contributed by atoms with Crippen LogP contribution in [-0.4, -0.2) is 23.8 Å². The number of rotatable bonds is 5. The summed E-state index contributed by atoms with van der Waals surface area (Å²) in [6.45, 7) is 1.79. The van der Waals surface area contributed by atoms with Gasteiger partial charge in [-0.2, -0.15) is 0 Å². The topological polar surface area (TPSA) is 56.3 Å². The molecule has 0 aromatic carbocycles. The minimum atomic E-state index is -0.662. The van der Waals surface area contributed by atoms with Gasteiger partial charge in [-0.3, -0.25) is 14.6 Å². The number of hydrogen-bond acceptors (Lipinski definition) is 4. The van der Waals surface area contributed by atoms with Crippen LogP contribution in [0.4, 0.5) is 0 Å².